The molecule has 0 spiro atoms. The van der Waals surface area contributed by atoms with Gasteiger partial charge in [-0.2, -0.15) is 0 Å². The highest BCUT2D eigenvalue weighted by Gasteiger charge is 2.41. The van der Waals surface area contributed by atoms with Crippen LogP contribution < -0.4 is 14.8 Å². The minimum atomic E-state index is -0.251. The molecule has 98 valence electrons. The Kier molecular flexibility index (Phi) is 3.20. The zero-order chi connectivity index (χ0) is 13.3. The predicted molar refractivity (Wildman–Crippen MR) is 69.1 cm³/mol. The van der Waals surface area contributed by atoms with Crippen LogP contribution in [0, 0.1) is 0 Å². The molecule has 2 rings (SSSR count). The third kappa shape index (κ3) is 2.15. The number of carbonyl (C=O) groups excluding carboxylic acids is 1. The maximum atomic E-state index is 11.6. The Hall–Kier alpha value is -1.71. The molecule has 1 fully saturated rings. The van der Waals surface area contributed by atoms with Crippen molar-refractivity contribution in [3.05, 3.63) is 23.8 Å². The van der Waals surface area contributed by atoms with Gasteiger partial charge in [-0.3, -0.25) is 4.79 Å². The molecule has 1 aliphatic heterocycles. The maximum Gasteiger partial charge on any atom is 0.221 e. The summed E-state index contributed by atoms with van der Waals surface area (Å²) >= 11 is 0. The van der Waals surface area contributed by atoms with Crippen LogP contribution in [0.1, 0.15) is 31.7 Å². The van der Waals surface area contributed by atoms with Crippen LogP contribution in [0.15, 0.2) is 18.2 Å². The molecule has 4 heteroatoms. The lowest BCUT2D eigenvalue weighted by Gasteiger charge is -2.28. The zero-order valence-corrected chi connectivity index (χ0v) is 11.2. The molecule has 0 saturated carbocycles. The van der Waals surface area contributed by atoms with E-state index < -0.39 is 0 Å². The van der Waals surface area contributed by atoms with Crippen molar-refractivity contribution in [1.29, 1.82) is 0 Å². The van der Waals surface area contributed by atoms with Crippen LogP contribution in [0.2, 0.25) is 0 Å². The van der Waals surface area contributed by atoms with E-state index >= 15 is 0 Å². The first-order valence-corrected chi connectivity index (χ1v) is 6.01. The molecule has 0 aliphatic carbocycles. The van der Waals surface area contributed by atoms with Crippen molar-refractivity contribution in [2.24, 2.45) is 0 Å². The Morgan fingerprint density at radius 2 is 2.00 bits per heavy atom. The highest BCUT2D eigenvalue weighted by molar-refractivity contribution is 5.81. The maximum absolute atomic E-state index is 11.6. The third-order valence-corrected chi connectivity index (χ3v) is 3.54. The Morgan fingerprint density at radius 3 is 2.50 bits per heavy atom. The summed E-state index contributed by atoms with van der Waals surface area (Å²) in [7, 11) is 3.26. The van der Waals surface area contributed by atoms with Crippen LogP contribution in [0.4, 0.5) is 0 Å². The smallest absolute Gasteiger partial charge is 0.221 e. The first-order valence-electron chi connectivity index (χ1n) is 6.01. The molecule has 1 saturated heterocycles. The minimum absolute atomic E-state index is 0.0860. The molecule has 4 nitrogen and oxygen atoms in total. The number of rotatable bonds is 3. The molecule has 1 unspecified atom stereocenters. The van der Waals surface area contributed by atoms with E-state index in [1.807, 2.05) is 32.0 Å². The van der Waals surface area contributed by atoms with E-state index in [0.717, 1.165) is 17.1 Å². The fourth-order valence-corrected chi connectivity index (χ4v) is 2.54. The van der Waals surface area contributed by atoms with Gasteiger partial charge in [-0.1, -0.05) is 6.07 Å². The molecule has 1 aliphatic rings. The SMILES string of the molecule is COc1ccc(C2CC(=O)NC2(C)C)c(OC)c1. The largest absolute Gasteiger partial charge is 0.497 e. The molecule has 1 atom stereocenters. The second-order valence-electron chi connectivity index (χ2n) is 5.13. The van der Waals surface area contributed by atoms with Gasteiger partial charge in [0.25, 0.3) is 0 Å². The predicted octanol–water partition coefficient (Wildman–Crippen LogP) is 2.09. The summed E-state index contributed by atoms with van der Waals surface area (Å²) in [5, 5.41) is 3.00. The number of carbonyl (C=O) groups is 1. The van der Waals surface area contributed by atoms with E-state index in [-0.39, 0.29) is 17.4 Å². The number of ether oxygens (including phenoxy) is 2. The number of benzene rings is 1. The third-order valence-electron chi connectivity index (χ3n) is 3.54. The molecule has 1 aromatic carbocycles. The molecule has 18 heavy (non-hydrogen) atoms. The zero-order valence-electron chi connectivity index (χ0n) is 11.2. The first kappa shape index (κ1) is 12.7. The van der Waals surface area contributed by atoms with E-state index in [2.05, 4.69) is 5.32 Å². The molecular weight excluding hydrogens is 230 g/mol. The topological polar surface area (TPSA) is 47.6 Å². The average Bonchev–Trinajstić information content (AvgIpc) is 2.61. The van der Waals surface area contributed by atoms with Gasteiger partial charge in [0, 0.05) is 29.5 Å². The number of amides is 1. The van der Waals surface area contributed by atoms with Gasteiger partial charge < -0.3 is 14.8 Å². The lowest BCUT2D eigenvalue weighted by Crippen LogP contribution is -2.38. The van der Waals surface area contributed by atoms with Gasteiger partial charge in [0.2, 0.25) is 5.91 Å². The molecule has 0 radical (unpaired) electrons. The molecular formula is C14H19NO3. The lowest BCUT2D eigenvalue weighted by molar-refractivity contribution is -0.119. The lowest BCUT2D eigenvalue weighted by atomic mass is 9.83. The summed E-state index contributed by atoms with van der Waals surface area (Å²) in [6.45, 7) is 4.07. The Labute approximate surface area is 107 Å². The van der Waals surface area contributed by atoms with Crippen molar-refractivity contribution in [2.45, 2.75) is 31.7 Å². The van der Waals surface area contributed by atoms with E-state index in [4.69, 9.17) is 9.47 Å². The van der Waals surface area contributed by atoms with E-state index in [1.165, 1.54) is 0 Å². The number of hydrogen-bond acceptors (Lipinski definition) is 3. The molecule has 1 amide bonds. The Bertz CT molecular complexity index is 468. The fraction of sp³-hybridized carbons (Fsp3) is 0.500. The second kappa shape index (κ2) is 4.52. The molecule has 1 heterocycles. The fourth-order valence-electron chi connectivity index (χ4n) is 2.54. The van der Waals surface area contributed by atoms with Crippen molar-refractivity contribution in [2.75, 3.05) is 14.2 Å². The van der Waals surface area contributed by atoms with Crippen molar-refractivity contribution >= 4 is 5.91 Å². The van der Waals surface area contributed by atoms with E-state index in [0.29, 0.717) is 6.42 Å². The summed E-state index contributed by atoms with van der Waals surface area (Å²) in [4.78, 5) is 11.6. The molecule has 0 aromatic heterocycles. The van der Waals surface area contributed by atoms with Crippen molar-refractivity contribution < 1.29 is 14.3 Å². The molecule has 0 bridgehead atoms. The normalized spacial score (nSPS) is 21.6. The van der Waals surface area contributed by atoms with Gasteiger partial charge in [0.05, 0.1) is 14.2 Å². The van der Waals surface area contributed by atoms with Gasteiger partial charge in [0.15, 0.2) is 0 Å². The van der Waals surface area contributed by atoms with Crippen LogP contribution in [0.3, 0.4) is 0 Å². The van der Waals surface area contributed by atoms with Crippen LogP contribution in [-0.2, 0) is 4.79 Å². The average molecular weight is 249 g/mol. The quantitative estimate of drug-likeness (QED) is 0.892. The van der Waals surface area contributed by atoms with Crippen molar-refractivity contribution in [3.8, 4) is 11.5 Å². The standard InChI is InChI=1S/C14H19NO3/c1-14(2)11(8-13(16)15-14)10-6-5-9(17-3)7-12(10)18-4/h5-7,11H,8H2,1-4H3,(H,15,16). The summed E-state index contributed by atoms with van der Waals surface area (Å²) in [6, 6.07) is 5.73. The van der Waals surface area contributed by atoms with Crippen LogP contribution >= 0.6 is 0 Å². The van der Waals surface area contributed by atoms with Crippen LogP contribution in [0.25, 0.3) is 0 Å². The Balaban J connectivity index is 2.41. The van der Waals surface area contributed by atoms with Gasteiger partial charge >= 0.3 is 0 Å². The van der Waals surface area contributed by atoms with Gasteiger partial charge in [-0.05, 0) is 19.9 Å². The van der Waals surface area contributed by atoms with Gasteiger partial charge in [-0.15, -0.1) is 0 Å². The van der Waals surface area contributed by atoms with E-state index in [9.17, 15) is 4.79 Å². The Morgan fingerprint density at radius 1 is 1.28 bits per heavy atom. The van der Waals surface area contributed by atoms with E-state index in [1.54, 1.807) is 14.2 Å². The number of nitrogens with one attached hydrogen (secondary N) is 1. The van der Waals surface area contributed by atoms with Crippen LogP contribution in [-0.4, -0.2) is 25.7 Å². The second-order valence-corrected chi connectivity index (χ2v) is 5.13. The summed E-state index contributed by atoms with van der Waals surface area (Å²) in [5.41, 5.74) is 0.792. The summed E-state index contributed by atoms with van der Waals surface area (Å²) in [6.07, 6.45) is 0.496. The number of methoxy groups -OCH3 is 2. The van der Waals surface area contributed by atoms with Crippen molar-refractivity contribution in [3.63, 3.8) is 0 Å². The minimum Gasteiger partial charge on any atom is -0.497 e. The van der Waals surface area contributed by atoms with Crippen LogP contribution in [0.5, 0.6) is 11.5 Å². The highest BCUT2D eigenvalue weighted by Crippen LogP contribution is 2.41. The molecule has 1 aromatic rings. The number of hydrogen-bond donors (Lipinski definition) is 1. The van der Waals surface area contributed by atoms with Gasteiger partial charge in [0.1, 0.15) is 11.5 Å². The summed E-state index contributed by atoms with van der Waals surface area (Å²) < 4.78 is 10.6. The first-order chi connectivity index (χ1) is 8.47. The van der Waals surface area contributed by atoms with Gasteiger partial charge in [-0.25, -0.2) is 0 Å². The highest BCUT2D eigenvalue weighted by atomic mass is 16.5. The molecule has 1 N–H and O–H groups in total. The summed E-state index contributed by atoms with van der Waals surface area (Å²) in [5.74, 6) is 1.73. The van der Waals surface area contributed by atoms with Crippen molar-refractivity contribution in [1.82, 2.24) is 5.32 Å². The monoisotopic (exact) mass is 249 g/mol.